The van der Waals surface area contributed by atoms with Gasteiger partial charge in [-0.25, -0.2) is 4.99 Å². The lowest BCUT2D eigenvalue weighted by molar-refractivity contribution is -0.574. The van der Waals surface area contributed by atoms with Crippen LogP contribution >= 0.6 is 11.3 Å². The Hall–Kier alpha value is -2.96. The molecule has 1 atom stereocenters. The summed E-state index contributed by atoms with van der Waals surface area (Å²) >= 11 is 0.602. The summed E-state index contributed by atoms with van der Waals surface area (Å²) in [5.74, 6) is -0.456. The number of thiazole rings is 1. The van der Waals surface area contributed by atoms with Crippen molar-refractivity contribution in [3.63, 3.8) is 0 Å². The third-order valence-electron chi connectivity index (χ3n) is 4.71. The van der Waals surface area contributed by atoms with Crippen LogP contribution in [0.25, 0.3) is 10.2 Å². The fraction of sp³-hybridized carbons (Fsp3) is 0.438. The number of nitrogens with zero attached hydrogens (tertiary/aromatic N) is 4. The number of hydrogen-bond acceptors (Lipinski definition) is 7. The fourth-order valence-electron chi connectivity index (χ4n) is 3.30. The highest BCUT2D eigenvalue weighted by Crippen LogP contribution is 2.38. The molecule has 2 aromatic rings. The van der Waals surface area contributed by atoms with Crippen LogP contribution in [0.15, 0.2) is 17.1 Å². The second-order valence-electron chi connectivity index (χ2n) is 6.59. The molecule has 1 aromatic carbocycles. The number of likely N-dealkylation sites (tertiary alicyclic amines) is 1. The second-order valence-corrected chi connectivity index (χ2v) is 7.59. The third kappa shape index (κ3) is 3.34. The molecule has 2 aliphatic heterocycles. The summed E-state index contributed by atoms with van der Waals surface area (Å²) in [6.45, 7) is 1.11. The van der Waals surface area contributed by atoms with Crippen molar-refractivity contribution in [1.82, 2.24) is 4.90 Å². The Morgan fingerprint density at radius 3 is 2.66 bits per heavy atom. The fourth-order valence-corrected chi connectivity index (χ4v) is 4.35. The number of non-ortho nitro benzene ring substituents is 1. The Balaban J connectivity index is 1.76. The molecule has 3 heterocycles. The van der Waals surface area contributed by atoms with Gasteiger partial charge in [-0.3, -0.25) is 14.9 Å². The summed E-state index contributed by atoms with van der Waals surface area (Å²) < 4.78 is 44.4. The van der Waals surface area contributed by atoms with Crippen molar-refractivity contribution in [2.75, 3.05) is 19.7 Å². The number of halogens is 3. The van der Waals surface area contributed by atoms with Crippen LogP contribution < -0.4 is 4.73 Å². The minimum Gasteiger partial charge on any atom is -0.617 e. The first-order chi connectivity index (χ1) is 13.7. The molecule has 2 aliphatic rings. The van der Waals surface area contributed by atoms with E-state index in [-0.39, 0.29) is 32.8 Å². The maximum atomic E-state index is 13.1. The number of carbonyl (C=O) groups is 1. The Kier molecular flexibility index (Phi) is 4.56. The first-order valence-corrected chi connectivity index (χ1v) is 9.40. The number of ether oxygens (including phenoxy) is 1. The molecule has 4 rings (SSSR count). The molecule has 0 saturated carbocycles. The lowest BCUT2D eigenvalue weighted by atomic mass is 10.2. The van der Waals surface area contributed by atoms with Crippen LogP contribution in [0.1, 0.15) is 23.4 Å². The molecule has 0 unspecified atom stereocenters. The summed E-state index contributed by atoms with van der Waals surface area (Å²) in [5, 5.41) is 23.6. The maximum Gasteiger partial charge on any atom is 0.416 e. The van der Waals surface area contributed by atoms with E-state index in [1.54, 1.807) is 4.90 Å². The zero-order chi connectivity index (χ0) is 20.9. The van der Waals surface area contributed by atoms with Gasteiger partial charge in [0.2, 0.25) is 5.52 Å². The molecule has 1 aromatic heterocycles. The molecular weight excluding hydrogens is 417 g/mol. The van der Waals surface area contributed by atoms with Crippen LogP contribution in [-0.4, -0.2) is 47.4 Å². The molecule has 154 valence electrons. The van der Waals surface area contributed by atoms with Gasteiger partial charge in [0.15, 0.2) is 10.7 Å². The molecule has 0 radical (unpaired) electrons. The molecule has 0 aliphatic carbocycles. The van der Waals surface area contributed by atoms with E-state index in [2.05, 4.69) is 4.99 Å². The van der Waals surface area contributed by atoms with E-state index in [9.17, 15) is 33.3 Å². The maximum absolute atomic E-state index is 13.1. The number of hydrogen-bond donors (Lipinski definition) is 0. The molecule has 13 heteroatoms. The molecule has 0 bridgehead atoms. The van der Waals surface area contributed by atoms with Gasteiger partial charge in [0.25, 0.3) is 17.5 Å². The minimum atomic E-state index is -4.86. The van der Waals surface area contributed by atoms with Gasteiger partial charge in [0.05, 0.1) is 10.5 Å². The van der Waals surface area contributed by atoms with E-state index in [1.165, 1.54) is 0 Å². The molecule has 1 amide bonds. The van der Waals surface area contributed by atoms with Crippen molar-refractivity contribution >= 4 is 39.0 Å². The molecule has 29 heavy (non-hydrogen) atoms. The lowest BCUT2D eigenvalue weighted by Gasteiger charge is -2.16. The SMILES string of the molecule is O=C([C@@H]1COC(c2sc3c([N+](=O)[O-])cc(C(F)(F)F)cc3[n+]2[O-])=N1)N1CCCC1. The Labute approximate surface area is 164 Å². The van der Waals surface area contributed by atoms with Gasteiger partial charge in [-0.15, -0.1) is 4.73 Å². The summed E-state index contributed by atoms with van der Waals surface area (Å²) in [5.41, 5.74) is -2.65. The molecule has 0 N–H and O–H groups in total. The standard InChI is InChI=1S/C16H13F3N4O5S/c17-16(18,19)8-5-10-12(11(6-8)23(26)27)29-15(22(10)25)13-20-9(7-28-13)14(24)21-3-1-2-4-21/h5-6,9H,1-4,7H2/t9-/m0/s1. The van der Waals surface area contributed by atoms with Gasteiger partial charge in [0, 0.05) is 25.2 Å². The highest BCUT2D eigenvalue weighted by Gasteiger charge is 2.39. The van der Waals surface area contributed by atoms with E-state index in [0.29, 0.717) is 36.6 Å². The Morgan fingerprint density at radius 1 is 1.34 bits per heavy atom. The number of aromatic nitrogens is 1. The topological polar surface area (TPSA) is 112 Å². The number of nitro groups is 1. The van der Waals surface area contributed by atoms with E-state index < -0.39 is 33.9 Å². The molecule has 0 spiro atoms. The number of fused-ring (bicyclic) bond motifs is 1. The second kappa shape index (κ2) is 6.83. The largest absolute Gasteiger partial charge is 0.617 e. The average molecular weight is 430 g/mol. The van der Waals surface area contributed by atoms with Gasteiger partial charge in [-0.1, -0.05) is 0 Å². The third-order valence-corrected chi connectivity index (χ3v) is 5.87. The van der Waals surface area contributed by atoms with Gasteiger partial charge >= 0.3 is 11.2 Å². The predicted molar refractivity (Wildman–Crippen MR) is 94.5 cm³/mol. The van der Waals surface area contributed by atoms with Crippen LogP contribution in [-0.2, 0) is 15.7 Å². The molecule has 1 saturated heterocycles. The van der Waals surface area contributed by atoms with Crippen molar-refractivity contribution in [2.24, 2.45) is 4.99 Å². The van der Waals surface area contributed by atoms with Gasteiger partial charge in [0.1, 0.15) is 6.61 Å². The number of carbonyl (C=O) groups excluding carboxylic acids is 1. The highest BCUT2D eigenvalue weighted by atomic mass is 32.1. The zero-order valence-corrected chi connectivity index (χ0v) is 15.5. The monoisotopic (exact) mass is 430 g/mol. The van der Waals surface area contributed by atoms with E-state index in [1.807, 2.05) is 0 Å². The molecule has 1 fully saturated rings. The highest BCUT2D eigenvalue weighted by molar-refractivity contribution is 7.20. The van der Waals surface area contributed by atoms with Crippen molar-refractivity contribution in [3.8, 4) is 0 Å². The van der Waals surface area contributed by atoms with Crippen LogP contribution in [0.4, 0.5) is 18.9 Å². The number of nitro benzene ring substituents is 1. The predicted octanol–water partition coefficient (Wildman–Crippen LogP) is 2.23. The van der Waals surface area contributed by atoms with Crippen molar-refractivity contribution in [1.29, 1.82) is 0 Å². The molecule has 9 nitrogen and oxygen atoms in total. The summed E-state index contributed by atoms with van der Waals surface area (Å²) in [6, 6.07) is 0.0891. The van der Waals surface area contributed by atoms with Gasteiger partial charge in [-0.05, 0) is 24.2 Å². The number of rotatable bonds is 3. The van der Waals surface area contributed by atoms with Crippen LogP contribution in [0, 0.1) is 15.3 Å². The normalized spacial score (nSPS) is 19.5. The van der Waals surface area contributed by atoms with Gasteiger partial charge in [-0.2, -0.15) is 13.2 Å². The number of alkyl halides is 3. The lowest BCUT2D eigenvalue weighted by Crippen LogP contribution is -2.36. The number of benzene rings is 1. The van der Waals surface area contributed by atoms with Crippen LogP contribution in [0.2, 0.25) is 0 Å². The first kappa shape index (κ1) is 19.4. The van der Waals surface area contributed by atoms with Crippen LogP contribution in [0.3, 0.4) is 0 Å². The molecular formula is C16H13F3N4O5S. The average Bonchev–Trinajstić information content (AvgIpc) is 3.40. The number of aliphatic imine (C=N–C) groups is 1. The Bertz CT molecular complexity index is 1050. The van der Waals surface area contributed by atoms with E-state index >= 15 is 0 Å². The van der Waals surface area contributed by atoms with Crippen molar-refractivity contribution in [3.05, 3.63) is 38.0 Å². The minimum absolute atomic E-state index is 0.102. The van der Waals surface area contributed by atoms with Crippen molar-refractivity contribution in [2.45, 2.75) is 25.1 Å². The quantitative estimate of drug-likeness (QED) is 0.321. The van der Waals surface area contributed by atoms with Crippen molar-refractivity contribution < 1.29 is 32.4 Å². The van der Waals surface area contributed by atoms with E-state index in [4.69, 9.17) is 4.74 Å². The summed E-state index contributed by atoms with van der Waals surface area (Å²) in [7, 11) is 0. The van der Waals surface area contributed by atoms with E-state index in [0.717, 1.165) is 12.8 Å². The smallest absolute Gasteiger partial charge is 0.416 e. The van der Waals surface area contributed by atoms with Crippen LogP contribution in [0.5, 0.6) is 0 Å². The zero-order valence-electron chi connectivity index (χ0n) is 14.6. The Morgan fingerprint density at radius 2 is 2.03 bits per heavy atom. The first-order valence-electron chi connectivity index (χ1n) is 8.58. The van der Waals surface area contributed by atoms with Gasteiger partial charge < -0.3 is 14.8 Å². The summed E-state index contributed by atoms with van der Waals surface area (Å²) in [4.78, 5) is 28.4. The summed E-state index contributed by atoms with van der Waals surface area (Å²) in [6.07, 6.45) is -3.08. The number of amides is 1.